The van der Waals surface area contributed by atoms with Gasteiger partial charge in [0.1, 0.15) is 17.6 Å². The molecule has 216 valence electrons. The third-order valence-electron chi connectivity index (χ3n) is 7.82. The molecule has 1 aliphatic carbocycles. The van der Waals surface area contributed by atoms with Crippen molar-refractivity contribution >= 4 is 50.6 Å². The number of hydrogen-bond donors (Lipinski definition) is 2. The number of hydrogen-bond acceptors (Lipinski definition) is 6. The van der Waals surface area contributed by atoms with Gasteiger partial charge in [-0.15, -0.1) is 0 Å². The van der Waals surface area contributed by atoms with Gasteiger partial charge in [-0.1, -0.05) is 30.5 Å². The summed E-state index contributed by atoms with van der Waals surface area (Å²) in [6.07, 6.45) is 5.84. The molecule has 0 saturated heterocycles. The number of benzene rings is 3. The maximum Gasteiger partial charge on any atom is 0.289 e. The molecular weight excluding hydrogens is 532 g/mol. The van der Waals surface area contributed by atoms with Gasteiger partial charge < -0.3 is 29.9 Å². The Morgan fingerprint density at radius 1 is 1.05 bits per heavy atom. The van der Waals surface area contributed by atoms with Crippen LogP contribution in [0.25, 0.3) is 21.8 Å². The van der Waals surface area contributed by atoms with Crippen molar-refractivity contribution in [1.29, 1.82) is 0 Å². The van der Waals surface area contributed by atoms with Crippen molar-refractivity contribution in [3.8, 4) is 5.75 Å². The molecule has 3 N–H and O–H groups in total. The summed E-state index contributed by atoms with van der Waals surface area (Å²) in [6, 6.07) is 18.9. The highest BCUT2D eigenvalue weighted by Gasteiger charge is 2.18. The van der Waals surface area contributed by atoms with Crippen LogP contribution in [0.5, 0.6) is 5.75 Å². The van der Waals surface area contributed by atoms with Crippen LogP contribution in [0.3, 0.4) is 0 Å². The normalized spacial score (nSPS) is 15.3. The van der Waals surface area contributed by atoms with E-state index in [4.69, 9.17) is 32.3 Å². The van der Waals surface area contributed by atoms with Crippen LogP contribution in [-0.2, 0) is 16.1 Å². The van der Waals surface area contributed by atoms with E-state index < -0.39 is 0 Å². The van der Waals surface area contributed by atoms with Crippen LogP contribution in [-0.4, -0.2) is 41.3 Å². The second kappa shape index (κ2) is 12.9. The van der Waals surface area contributed by atoms with Gasteiger partial charge in [0.05, 0.1) is 6.61 Å². The van der Waals surface area contributed by atoms with Gasteiger partial charge in [-0.3, -0.25) is 0 Å². The first kappa shape index (κ1) is 28.9. The summed E-state index contributed by atoms with van der Waals surface area (Å²) in [6.45, 7) is 7.58. The molecule has 0 bridgehead atoms. The van der Waals surface area contributed by atoms with E-state index >= 15 is 0 Å². The fourth-order valence-electron chi connectivity index (χ4n) is 5.87. The first-order chi connectivity index (χ1) is 19.9. The van der Waals surface area contributed by atoms with Crippen LogP contribution in [0.1, 0.15) is 62.6 Å². The number of rotatable bonds is 9. The minimum Gasteiger partial charge on any atom is -0.488 e. The molecule has 1 aliphatic rings. The molecule has 8 heteroatoms. The second-order valence-corrected chi connectivity index (χ2v) is 11.3. The zero-order valence-corrected chi connectivity index (χ0v) is 25.2. The molecule has 0 spiro atoms. The van der Waals surface area contributed by atoms with Gasteiger partial charge in [0.15, 0.2) is 0 Å². The van der Waals surface area contributed by atoms with Crippen molar-refractivity contribution in [3.63, 3.8) is 0 Å². The standard InChI is InChI=1S/C33H40N4O3S/c1-5-37-30-15-11-23(18-28(30)29-19-24(34)12-16-31(29)37)32(36-40-33(41)35-25-9-7-6-8-10-25)27-14-13-26(17-21(27)2)39-22(3)20-38-4/h11-19,22,25H,5-10,20,34H2,1-4H3,(H,35,41)/b36-32-. The molecule has 0 amide bonds. The second-order valence-electron chi connectivity index (χ2n) is 10.9. The number of fused-ring (bicyclic) bond motifs is 3. The van der Waals surface area contributed by atoms with E-state index in [1.54, 1.807) is 7.11 Å². The molecular formula is C33H40N4O3S. The highest BCUT2D eigenvalue weighted by atomic mass is 32.1. The zero-order valence-electron chi connectivity index (χ0n) is 24.4. The Hall–Kier alpha value is -3.62. The first-order valence-electron chi connectivity index (χ1n) is 14.5. The molecule has 1 heterocycles. The number of ether oxygens (including phenoxy) is 2. The Morgan fingerprint density at radius 3 is 2.49 bits per heavy atom. The van der Waals surface area contributed by atoms with Crippen molar-refractivity contribution in [2.75, 3.05) is 19.5 Å². The van der Waals surface area contributed by atoms with Crippen LogP contribution in [0.15, 0.2) is 59.8 Å². The summed E-state index contributed by atoms with van der Waals surface area (Å²) >= 11 is 5.56. The summed E-state index contributed by atoms with van der Waals surface area (Å²) < 4.78 is 13.6. The molecule has 1 saturated carbocycles. The van der Waals surface area contributed by atoms with Gasteiger partial charge in [0.2, 0.25) is 0 Å². The van der Waals surface area contributed by atoms with Crippen LogP contribution in [0.4, 0.5) is 5.69 Å². The minimum absolute atomic E-state index is 0.0596. The number of nitrogen functional groups attached to an aromatic ring is 1. The molecule has 3 aromatic carbocycles. The van der Waals surface area contributed by atoms with Crippen LogP contribution in [0.2, 0.25) is 0 Å². The molecule has 0 radical (unpaired) electrons. The van der Waals surface area contributed by atoms with Gasteiger partial charge in [-0.2, -0.15) is 0 Å². The fourth-order valence-corrected chi connectivity index (χ4v) is 6.07. The summed E-state index contributed by atoms with van der Waals surface area (Å²) in [5, 5.41) is 10.6. The maximum absolute atomic E-state index is 6.21. The summed E-state index contributed by atoms with van der Waals surface area (Å²) in [7, 11) is 1.67. The maximum atomic E-state index is 6.21. The van der Waals surface area contributed by atoms with Crippen molar-refractivity contribution in [1.82, 2.24) is 9.88 Å². The number of oxime groups is 1. The molecule has 0 aliphatic heterocycles. The molecule has 1 fully saturated rings. The van der Waals surface area contributed by atoms with E-state index in [0.29, 0.717) is 23.5 Å². The molecule has 5 rings (SSSR count). The highest BCUT2D eigenvalue weighted by Crippen LogP contribution is 2.32. The Morgan fingerprint density at radius 2 is 1.78 bits per heavy atom. The van der Waals surface area contributed by atoms with Crippen LogP contribution < -0.4 is 15.8 Å². The van der Waals surface area contributed by atoms with Gasteiger partial charge in [0.25, 0.3) is 5.17 Å². The van der Waals surface area contributed by atoms with Crippen molar-refractivity contribution < 1.29 is 14.3 Å². The average molecular weight is 573 g/mol. The Balaban J connectivity index is 1.55. The lowest BCUT2D eigenvalue weighted by Crippen LogP contribution is -2.35. The number of aryl methyl sites for hydroxylation is 2. The Labute approximate surface area is 247 Å². The number of nitrogens with zero attached hydrogens (tertiary/aromatic N) is 2. The third-order valence-corrected chi connectivity index (χ3v) is 8.01. The molecule has 1 aromatic heterocycles. The average Bonchev–Trinajstić information content (AvgIpc) is 3.27. The third kappa shape index (κ3) is 6.49. The number of thiocarbonyl (C=S) groups is 1. The first-order valence-corrected chi connectivity index (χ1v) is 14.9. The van der Waals surface area contributed by atoms with Gasteiger partial charge >= 0.3 is 0 Å². The van der Waals surface area contributed by atoms with Crippen molar-refractivity contribution in [3.05, 3.63) is 71.3 Å². The SMILES string of the molecule is CCn1c2ccc(N)cc2c2cc(/C(=N/OC(=S)NC3CCCCC3)c3ccc(OC(C)COC)cc3C)ccc21. The largest absolute Gasteiger partial charge is 0.488 e. The minimum atomic E-state index is -0.0596. The molecule has 1 atom stereocenters. The molecule has 7 nitrogen and oxygen atoms in total. The zero-order chi connectivity index (χ0) is 28.9. The van der Waals surface area contributed by atoms with Gasteiger partial charge in [-0.25, -0.2) is 0 Å². The van der Waals surface area contributed by atoms with Crippen LogP contribution >= 0.6 is 12.2 Å². The topological polar surface area (TPSA) is 83.0 Å². The number of methoxy groups -OCH3 is 1. The van der Waals surface area contributed by atoms with Gasteiger partial charge in [0, 0.05) is 58.3 Å². The fraction of sp³-hybridized carbons (Fsp3) is 0.394. The van der Waals surface area contributed by atoms with Crippen molar-refractivity contribution in [2.24, 2.45) is 5.16 Å². The lowest BCUT2D eigenvalue weighted by Gasteiger charge is -2.22. The van der Waals surface area contributed by atoms with Crippen LogP contribution in [0, 0.1) is 6.92 Å². The Bertz CT molecular complexity index is 1570. The van der Waals surface area contributed by atoms with E-state index in [-0.39, 0.29) is 6.10 Å². The van der Waals surface area contributed by atoms with E-state index in [9.17, 15) is 0 Å². The monoisotopic (exact) mass is 572 g/mol. The quantitative estimate of drug-likeness (QED) is 0.0964. The number of aromatic nitrogens is 1. The predicted molar refractivity (Wildman–Crippen MR) is 172 cm³/mol. The highest BCUT2D eigenvalue weighted by molar-refractivity contribution is 7.80. The van der Waals surface area contributed by atoms with Crippen molar-refractivity contribution in [2.45, 2.75) is 71.6 Å². The van der Waals surface area contributed by atoms with E-state index in [0.717, 1.165) is 69.3 Å². The molecule has 4 aromatic rings. The molecule has 41 heavy (non-hydrogen) atoms. The van der Waals surface area contributed by atoms with E-state index in [1.165, 1.54) is 19.3 Å². The number of anilines is 1. The predicted octanol–water partition coefficient (Wildman–Crippen LogP) is 7.09. The summed E-state index contributed by atoms with van der Waals surface area (Å²) in [5.41, 5.74) is 12.8. The lowest BCUT2D eigenvalue weighted by atomic mass is 9.96. The Kier molecular flexibility index (Phi) is 9.10. The summed E-state index contributed by atoms with van der Waals surface area (Å²) in [4.78, 5) is 5.88. The lowest BCUT2D eigenvalue weighted by molar-refractivity contribution is 0.0920. The number of nitrogens with two attached hydrogens (primary N) is 1. The number of nitrogens with one attached hydrogen (secondary N) is 1. The van der Waals surface area contributed by atoms with Gasteiger partial charge in [-0.05, 0) is 99.9 Å². The summed E-state index contributed by atoms with van der Waals surface area (Å²) in [5.74, 6) is 0.780. The van der Waals surface area contributed by atoms with E-state index in [1.807, 2.05) is 37.3 Å². The van der Waals surface area contributed by atoms with E-state index in [2.05, 4.69) is 53.2 Å². The smallest absolute Gasteiger partial charge is 0.289 e. The molecule has 1 unspecified atom stereocenters.